The summed E-state index contributed by atoms with van der Waals surface area (Å²) in [5.74, 6) is 0.303. The molecule has 2 atom stereocenters. The van der Waals surface area contributed by atoms with Crippen LogP contribution in [0.4, 0.5) is 17.1 Å². The Morgan fingerprint density at radius 1 is 0.371 bits per heavy atom. The van der Waals surface area contributed by atoms with E-state index in [1.807, 2.05) is 0 Å². The van der Waals surface area contributed by atoms with Crippen molar-refractivity contribution in [3.63, 3.8) is 0 Å². The number of anilines is 3. The molecule has 0 aliphatic heterocycles. The molecule has 288 valence electrons. The molecule has 1 nitrogen and oxygen atoms in total. The van der Waals surface area contributed by atoms with Gasteiger partial charge in [0.2, 0.25) is 0 Å². The normalized spacial score (nSPS) is 16.5. The van der Waals surface area contributed by atoms with E-state index in [0.717, 1.165) is 23.5 Å². The Kier molecular flexibility index (Phi) is 6.94. The molecular formula is C61H39N. The van der Waals surface area contributed by atoms with Crippen molar-refractivity contribution in [1.82, 2.24) is 0 Å². The molecule has 10 aromatic rings. The van der Waals surface area contributed by atoms with Gasteiger partial charge in [0.25, 0.3) is 0 Å². The molecule has 0 saturated heterocycles. The number of rotatable bonds is 5. The lowest BCUT2D eigenvalue weighted by Gasteiger charge is -2.37. The molecule has 0 saturated carbocycles. The maximum atomic E-state index is 2.53. The van der Waals surface area contributed by atoms with Crippen LogP contribution in [-0.4, -0.2) is 0 Å². The molecule has 0 N–H and O–H groups in total. The predicted octanol–water partition coefficient (Wildman–Crippen LogP) is 15.7. The maximum Gasteiger partial charge on any atom is 0.0737 e. The first-order valence-electron chi connectivity index (χ1n) is 21.9. The third-order valence-electron chi connectivity index (χ3n) is 14.5. The van der Waals surface area contributed by atoms with Crippen LogP contribution in [0.25, 0.3) is 66.4 Å². The number of hydrogen-bond acceptors (Lipinski definition) is 1. The lowest BCUT2D eigenvalue weighted by atomic mass is 9.64. The topological polar surface area (TPSA) is 3.24 Å². The van der Waals surface area contributed by atoms with Gasteiger partial charge >= 0.3 is 0 Å². The van der Waals surface area contributed by atoms with Crippen LogP contribution in [0.5, 0.6) is 0 Å². The number of fused-ring (bicyclic) bond motifs is 8. The van der Waals surface area contributed by atoms with Crippen LogP contribution in [0.2, 0.25) is 0 Å². The highest BCUT2D eigenvalue weighted by molar-refractivity contribution is 6.14. The summed E-state index contributed by atoms with van der Waals surface area (Å²) in [5.41, 5.74) is 26.1. The van der Waals surface area contributed by atoms with Gasteiger partial charge in [-0.15, -0.1) is 0 Å². The first-order valence-corrected chi connectivity index (χ1v) is 21.9. The summed E-state index contributed by atoms with van der Waals surface area (Å²) in [6.07, 6.45) is 0.955. The van der Waals surface area contributed by atoms with Crippen molar-refractivity contribution in [3.8, 4) is 55.6 Å². The molecule has 0 fully saturated rings. The largest absolute Gasteiger partial charge is 0.310 e. The number of hydrogen-bond donors (Lipinski definition) is 0. The van der Waals surface area contributed by atoms with Crippen molar-refractivity contribution in [3.05, 3.63) is 257 Å². The average molecular weight is 786 g/mol. The van der Waals surface area contributed by atoms with Crippen molar-refractivity contribution in [2.75, 3.05) is 4.90 Å². The van der Waals surface area contributed by atoms with Gasteiger partial charge in [-0.1, -0.05) is 176 Å². The van der Waals surface area contributed by atoms with E-state index in [0.29, 0.717) is 5.92 Å². The van der Waals surface area contributed by atoms with Gasteiger partial charge < -0.3 is 4.90 Å². The summed E-state index contributed by atoms with van der Waals surface area (Å²) in [7, 11) is 0. The smallest absolute Gasteiger partial charge is 0.0737 e. The van der Waals surface area contributed by atoms with Crippen LogP contribution < -0.4 is 4.90 Å². The van der Waals surface area contributed by atoms with E-state index in [9.17, 15) is 0 Å². The second-order valence-electron chi connectivity index (χ2n) is 17.5. The molecule has 0 heterocycles. The van der Waals surface area contributed by atoms with Gasteiger partial charge in [-0.25, -0.2) is 0 Å². The van der Waals surface area contributed by atoms with Crippen molar-refractivity contribution < 1.29 is 0 Å². The molecule has 1 heteroatoms. The molecule has 0 aromatic heterocycles. The fourth-order valence-corrected chi connectivity index (χ4v) is 12.1. The first-order chi connectivity index (χ1) is 30.8. The van der Waals surface area contributed by atoms with E-state index >= 15 is 0 Å². The van der Waals surface area contributed by atoms with Crippen LogP contribution in [0.3, 0.4) is 0 Å². The summed E-state index contributed by atoms with van der Waals surface area (Å²) in [5, 5.41) is 2.71. The van der Waals surface area contributed by atoms with Gasteiger partial charge in [0.05, 0.1) is 5.41 Å². The SMILES string of the molecule is c1ccc(C2Cc3cc(N(c4ccccc4)c4cccc(-c5ccc6c(c5)C57c8ccccc8-c8cccc(c85)-c5cccc8ccc-6c7c58)c4)ccc3-c3ccccc32)cc1. The van der Waals surface area contributed by atoms with Crippen molar-refractivity contribution in [1.29, 1.82) is 0 Å². The van der Waals surface area contributed by atoms with E-state index in [1.54, 1.807) is 0 Å². The molecule has 4 aliphatic carbocycles. The van der Waals surface area contributed by atoms with Gasteiger partial charge in [0.15, 0.2) is 0 Å². The molecule has 14 rings (SSSR count). The maximum absolute atomic E-state index is 2.53. The summed E-state index contributed by atoms with van der Waals surface area (Å²) >= 11 is 0. The van der Waals surface area contributed by atoms with Crippen LogP contribution in [-0.2, 0) is 11.8 Å². The Hall–Kier alpha value is -7.74. The highest BCUT2D eigenvalue weighted by atomic mass is 15.1. The van der Waals surface area contributed by atoms with E-state index in [1.165, 1.54) is 105 Å². The zero-order valence-electron chi connectivity index (χ0n) is 34.0. The standard InChI is InChI=1S/C61H39N/c1-3-14-38(15-4-1)55-36-42-35-45(30-33-46(42)47-21-7-8-22-48(47)55)62(43-18-5-2-6-19-43)44-20-11-17-40(34-44)41-29-31-50-54-32-28-39-16-12-24-51-53-26-13-25-52-49-23-9-10-27-56(49)61(59(52)53,57(50)37-41)60(54)58(39)51/h1-35,37,55H,36H2. The molecular weight excluding hydrogens is 747 g/mol. The second kappa shape index (κ2) is 12.6. The van der Waals surface area contributed by atoms with Crippen LogP contribution in [0.15, 0.2) is 218 Å². The quantitative estimate of drug-likeness (QED) is 0.168. The Morgan fingerprint density at radius 2 is 0.984 bits per heavy atom. The molecule has 62 heavy (non-hydrogen) atoms. The van der Waals surface area contributed by atoms with Crippen molar-refractivity contribution in [2.45, 2.75) is 17.8 Å². The van der Waals surface area contributed by atoms with Gasteiger partial charge in [-0.05, 0) is 154 Å². The molecule has 0 amide bonds. The lowest BCUT2D eigenvalue weighted by molar-refractivity contribution is 0.794. The van der Waals surface area contributed by atoms with Gasteiger partial charge in [0, 0.05) is 23.0 Å². The summed E-state index contributed by atoms with van der Waals surface area (Å²) in [6.45, 7) is 0. The molecule has 2 unspecified atom stereocenters. The van der Waals surface area contributed by atoms with Gasteiger partial charge in [-0.2, -0.15) is 0 Å². The summed E-state index contributed by atoms with van der Waals surface area (Å²) in [6, 6.07) is 82.2. The number of nitrogens with zero attached hydrogens (tertiary/aromatic N) is 1. The van der Waals surface area contributed by atoms with Crippen LogP contribution in [0, 0.1) is 0 Å². The monoisotopic (exact) mass is 785 g/mol. The molecule has 10 aromatic carbocycles. The lowest BCUT2D eigenvalue weighted by Crippen LogP contribution is -2.29. The Balaban J connectivity index is 0.939. The molecule has 1 spiro atoms. The summed E-state index contributed by atoms with van der Waals surface area (Å²) < 4.78 is 0. The number of para-hydroxylation sites is 1. The molecule has 0 radical (unpaired) electrons. The zero-order valence-corrected chi connectivity index (χ0v) is 34.0. The molecule has 4 aliphatic rings. The first kappa shape index (κ1) is 34.0. The summed E-state index contributed by atoms with van der Waals surface area (Å²) in [4.78, 5) is 2.44. The Labute approximate surface area is 361 Å². The minimum absolute atomic E-state index is 0.303. The fraction of sp³-hybridized carbons (Fsp3) is 0.0492. The van der Waals surface area contributed by atoms with E-state index in [-0.39, 0.29) is 5.41 Å². The van der Waals surface area contributed by atoms with Crippen LogP contribution in [0.1, 0.15) is 44.9 Å². The molecule has 0 bridgehead atoms. The van der Waals surface area contributed by atoms with Gasteiger partial charge in [-0.3, -0.25) is 0 Å². The Morgan fingerprint density at radius 3 is 1.87 bits per heavy atom. The third kappa shape index (κ3) is 4.47. The van der Waals surface area contributed by atoms with Crippen molar-refractivity contribution in [2.24, 2.45) is 0 Å². The predicted molar refractivity (Wildman–Crippen MR) is 257 cm³/mol. The van der Waals surface area contributed by atoms with Crippen molar-refractivity contribution >= 4 is 27.8 Å². The average Bonchev–Trinajstić information content (AvgIpc) is 3.82. The van der Waals surface area contributed by atoms with Gasteiger partial charge in [0.1, 0.15) is 0 Å². The minimum Gasteiger partial charge on any atom is -0.310 e. The highest BCUT2D eigenvalue weighted by Gasteiger charge is 2.55. The third-order valence-corrected chi connectivity index (χ3v) is 14.5. The Bertz CT molecular complexity index is 3510. The fourth-order valence-electron chi connectivity index (χ4n) is 12.1. The van der Waals surface area contributed by atoms with E-state index in [2.05, 4.69) is 223 Å². The zero-order chi connectivity index (χ0) is 40.5. The van der Waals surface area contributed by atoms with E-state index in [4.69, 9.17) is 0 Å². The van der Waals surface area contributed by atoms with E-state index < -0.39 is 0 Å². The number of benzene rings is 10. The highest BCUT2D eigenvalue weighted by Crippen LogP contribution is 2.68. The second-order valence-corrected chi connectivity index (χ2v) is 17.5. The van der Waals surface area contributed by atoms with Crippen LogP contribution >= 0.6 is 0 Å². The minimum atomic E-state index is -0.385.